The van der Waals surface area contributed by atoms with Crippen molar-refractivity contribution in [3.05, 3.63) is 28.8 Å². The van der Waals surface area contributed by atoms with Gasteiger partial charge in [0.2, 0.25) is 10.0 Å². The molecule has 0 aliphatic carbocycles. The summed E-state index contributed by atoms with van der Waals surface area (Å²) in [6.45, 7) is 0. The highest BCUT2D eigenvalue weighted by Gasteiger charge is 2.57. The van der Waals surface area contributed by atoms with Crippen LogP contribution < -0.4 is 5.32 Å². The van der Waals surface area contributed by atoms with E-state index in [-0.39, 0.29) is 22.1 Å². The third kappa shape index (κ3) is 3.57. The number of fused-ring (bicyclic) bond motifs is 2. The van der Waals surface area contributed by atoms with Crippen LogP contribution in [0.15, 0.2) is 23.1 Å². The quantitative estimate of drug-likeness (QED) is 0.547. The highest BCUT2D eigenvalue weighted by molar-refractivity contribution is 7.92. The molecule has 3 aliphatic rings. The fourth-order valence-corrected chi connectivity index (χ4v) is 10.7. The van der Waals surface area contributed by atoms with Crippen molar-refractivity contribution < 1.29 is 35.2 Å². The van der Waals surface area contributed by atoms with Gasteiger partial charge in [0.25, 0.3) is 0 Å². The first-order valence-corrected chi connectivity index (χ1v) is 14.0. The molecule has 4 rings (SSSR count). The fourth-order valence-electron chi connectivity index (χ4n) is 4.30. The zero-order valence-corrected chi connectivity index (χ0v) is 17.9. The molecule has 0 unspecified atom stereocenters. The van der Waals surface area contributed by atoms with Gasteiger partial charge in [0.15, 0.2) is 19.7 Å². The second-order valence-electron chi connectivity index (χ2n) is 7.45. The van der Waals surface area contributed by atoms with E-state index in [4.69, 9.17) is 11.6 Å². The normalized spacial score (nSPS) is 33.1. The van der Waals surface area contributed by atoms with Crippen molar-refractivity contribution in [1.82, 2.24) is 9.62 Å². The summed E-state index contributed by atoms with van der Waals surface area (Å²) in [6, 6.07) is -0.359. The Morgan fingerprint density at radius 2 is 1.55 bits per heavy atom. The summed E-state index contributed by atoms with van der Waals surface area (Å²) in [5.41, 5.74) is -0.311. The molecule has 0 spiro atoms. The smallest absolute Gasteiger partial charge is 0.335 e. The van der Waals surface area contributed by atoms with Gasteiger partial charge in [-0.2, -0.15) is 4.31 Å². The number of sulfone groups is 2. The number of hydrogen-bond donors (Lipinski definition) is 2. The molecule has 160 valence electrons. The van der Waals surface area contributed by atoms with Crippen molar-refractivity contribution in [3.8, 4) is 0 Å². The summed E-state index contributed by atoms with van der Waals surface area (Å²) in [7, 11) is -11.6. The summed E-state index contributed by atoms with van der Waals surface area (Å²) >= 11 is 6.05. The molecule has 0 aromatic heterocycles. The van der Waals surface area contributed by atoms with E-state index in [0.717, 1.165) is 22.5 Å². The average Bonchev–Trinajstić information content (AvgIpc) is 3.03. The summed E-state index contributed by atoms with van der Waals surface area (Å²) < 4.78 is 76.7. The van der Waals surface area contributed by atoms with E-state index in [9.17, 15) is 35.2 Å². The van der Waals surface area contributed by atoms with Crippen LogP contribution in [0.3, 0.4) is 0 Å². The number of rotatable bonds is 3. The van der Waals surface area contributed by atoms with Gasteiger partial charge in [-0.05, 0) is 18.2 Å². The summed E-state index contributed by atoms with van der Waals surface area (Å²) in [5, 5.41) is 12.0. The van der Waals surface area contributed by atoms with Gasteiger partial charge in [0, 0.05) is 12.1 Å². The number of carbonyl (C=O) groups is 1. The minimum absolute atomic E-state index is 0.233. The molecule has 1 aromatic rings. The van der Waals surface area contributed by atoms with Crippen molar-refractivity contribution >= 4 is 47.3 Å². The monoisotopic (exact) mass is 484 g/mol. The summed E-state index contributed by atoms with van der Waals surface area (Å²) in [5.74, 6) is -2.89. The van der Waals surface area contributed by atoms with E-state index in [1.807, 2.05) is 0 Å². The van der Waals surface area contributed by atoms with Crippen LogP contribution >= 0.6 is 11.6 Å². The van der Waals surface area contributed by atoms with E-state index in [0.29, 0.717) is 0 Å². The molecule has 3 aliphatic heterocycles. The maximum Gasteiger partial charge on any atom is 0.335 e. The van der Waals surface area contributed by atoms with Crippen LogP contribution in [-0.4, -0.2) is 87.8 Å². The van der Waals surface area contributed by atoms with E-state index in [1.54, 1.807) is 0 Å². The lowest BCUT2D eigenvalue weighted by molar-refractivity contribution is 0.0696. The molecule has 1 aromatic carbocycles. The van der Waals surface area contributed by atoms with Crippen LogP contribution in [0.1, 0.15) is 10.4 Å². The average molecular weight is 485 g/mol. The third-order valence-electron chi connectivity index (χ3n) is 5.46. The van der Waals surface area contributed by atoms with Gasteiger partial charge in [0.1, 0.15) is 4.90 Å². The van der Waals surface area contributed by atoms with Crippen molar-refractivity contribution in [3.63, 3.8) is 0 Å². The van der Waals surface area contributed by atoms with E-state index in [2.05, 4.69) is 5.32 Å². The molecule has 3 saturated heterocycles. The van der Waals surface area contributed by atoms with E-state index >= 15 is 0 Å². The Bertz CT molecular complexity index is 1160. The Labute approximate surface area is 172 Å². The lowest BCUT2D eigenvalue weighted by atomic mass is 10.0. The Hall–Kier alpha value is -1.25. The molecular formula is C15H17ClN2O8S3. The van der Waals surface area contributed by atoms with E-state index in [1.165, 1.54) is 0 Å². The molecular weight excluding hydrogens is 468 g/mol. The fraction of sp³-hybridized carbons (Fsp3) is 0.533. The molecule has 3 heterocycles. The maximum absolute atomic E-state index is 13.5. The first-order valence-electron chi connectivity index (χ1n) is 8.54. The number of nitrogens with one attached hydrogen (secondary N) is 1. The van der Waals surface area contributed by atoms with Gasteiger partial charge < -0.3 is 10.4 Å². The SMILES string of the molecule is O=C(O)c1ccc(Cl)c(S(=O)(=O)N2[C@@H]3CS(=O)(=O)C[C@@H]3N[C@@H]3CS(=O)(=O)C[C@H]32)c1. The number of carboxylic acid groups (broad SMARTS) is 1. The van der Waals surface area contributed by atoms with Gasteiger partial charge in [-0.1, -0.05) is 11.6 Å². The topological polar surface area (TPSA) is 155 Å². The summed E-state index contributed by atoms with van der Waals surface area (Å²) in [4.78, 5) is 10.8. The van der Waals surface area contributed by atoms with Crippen LogP contribution in [-0.2, 0) is 29.7 Å². The minimum Gasteiger partial charge on any atom is -0.478 e. The van der Waals surface area contributed by atoms with Gasteiger partial charge in [0.05, 0.1) is 45.7 Å². The number of sulfonamides is 1. The van der Waals surface area contributed by atoms with Crippen molar-refractivity contribution in [2.24, 2.45) is 0 Å². The standard InChI is InChI=1S/C15H17ClN2O8S3/c16-9-2-1-8(15(19)20)3-14(9)29(25,26)18-12-6-27(21,22)4-10(12)17-11-5-28(23,24)7-13(11)18/h1-3,10-13,17H,4-7H2,(H,19,20)/t10-,11+,12-,13-/m1/s1. The number of halogens is 1. The van der Waals surface area contributed by atoms with Crippen LogP contribution in [0.2, 0.25) is 5.02 Å². The largest absolute Gasteiger partial charge is 0.478 e. The number of carboxylic acids is 1. The first kappa shape index (κ1) is 21.0. The number of piperazine rings is 1. The molecule has 0 amide bonds. The Balaban J connectivity index is 1.87. The molecule has 3 fully saturated rings. The van der Waals surface area contributed by atoms with Crippen molar-refractivity contribution in [2.45, 2.75) is 29.1 Å². The van der Waals surface area contributed by atoms with Crippen LogP contribution in [0, 0.1) is 0 Å². The second-order valence-corrected chi connectivity index (χ2v) is 14.0. The lowest BCUT2D eigenvalue weighted by Gasteiger charge is -2.43. The van der Waals surface area contributed by atoms with Gasteiger partial charge in [-0.15, -0.1) is 0 Å². The predicted octanol–water partition coefficient (Wildman–Crippen LogP) is -1.04. The molecule has 29 heavy (non-hydrogen) atoms. The molecule has 14 heteroatoms. The molecule has 0 radical (unpaired) electrons. The lowest BCUT2D eigenvalue weighted by Crippen LogP contribution is -2.67. The van der Waals surface area contributed by atoms with Crippen molar-refractivity contribution in [1.29, 1.82) is 0 Å². The third-order valence-corrected chi connectivity index (χ3v) is 11.3. The number of benzene rings is 1. The van der Waals surface area contributed by atoms with Gasteiger partial charge in [-0.3, -0.25) is 0 Å². The summed E-state index contributed by atoms with van der Waals surface area (Å²) in [6.07, 6.45) is 0. The Kier molecular flexibility index (Phi) is 4.80. The van der Waals surface area contributed by atoms with Crippen LogP contribution in [0.5, 0.6) is 0 Å². The predicted molar refractivity (Wildman–Crippen MR) is 103 cm³/mol. The number of aromatic carboxylic acids is 1. The zero-order chi connectivity index (χ0) is 21.4. The van der Waals surface area contributed by atoms with Crippen molar-refractivity contribution in [2.75, 3.05) is 23.0 Å². The highest BCUT2D eigenvalue weighted by Crippen LogP contribution is 2.37. The Morgan fingerprint density at radius 3 is 2.03 bits per heavy atom. The van der Waals surface area contributed by atoms with Gasteiger partial charge >= 0.3 is 5.97 Å². The Morgan fingerprint density at radius 1 is 1.03 bits per heavy atom. The number of nitrogens with zero attached hydrogens (tertiary/aromatic N) is 1. The zero-order valence-electron chi connectivity index (χ0n) is 14.7. The van der Waals surface area contributed by atoms with E-state index < -0.39 is 76.2 Å². The first-order chi connectivity index (χ1) is 13.3. The molecule has 0 saturated carbocycles. The highest BCUT2D eigenvalue weighted by atomic mass is 35.5. The second kappa shape index (κ2) is 6.62. The molecule has 2 N–H and O–H groups in total. The molecule has 0 bridgehead atoms. The van der Waals surface area contributed by atoms with Gasteiger partial charge in [-0.25, -0.2) is 30.0 Å². The molecule has 4 atom stereocenters. The van der Waals surface area contributed by atoms with Crippen LogP contribution in [0.25, 0.3) is 0 Å². The van der Waals surface area contributed by atoms with Crippen LogP contribution in [0.4, 0.5) is 0 Å². The number of hydrogen-bond acceptors (Lipinski definition) is 8. The minimum atomic E-state index is -4.49. The maximum atomic E-state index is 13.5. The molecule has 10 nitrogen and oxygen atoms in total.